The van der Waals surface area contributed by atoms with Gasteiger partial charge in [0.15, 0.2) is 0 Å². The first-order valence-corrected chi connectivity index (χ1v) is 5.31. The van der Waals surface area contributed by atoms with Gasteiger partial charge in [0.1, 0.15) is 17.4 Å². The lowest BCUT2D eigenvalue weighted by Crippen LogP contribution is -2.03. The van der Waals surface area contributed by atoms with Crippen molar-refractivity contribution < 1.29 is 17.6 Å². The third-order valence-corrected chi connectivity index (χ3v) is 2.76. The van der Waals surface area contributed by atoms with Gasteiger partial charge in [-0.25, -0.2) is 0 Å². The molecule has 0 spiro atoms. The van der Waals surface area contributed by atoms with Gasteiger partial charge in [-0.05, 0) is 19.1 Å². The topological polar surface area (TPSA) is 62.9 Å². The summed E-state index contributed by atoms with van der Waals surface area (Å²) in [5, 5.41) is 8.87. The highest BCUT2D eigenvalue weighted by atomic mass is 19.4. The Morgan fingerprint density at radius 3 is 2.21 bits per heavy atom. The molecule has 0 bridgehead atoms. The zero-order valence-electron chi connectivity index (χ0n) is 9.88. The molecule has 3 nitrogen and oxygen atoms in total. The molecule has 0 aliphatic carbocycles. The molecule has 1 aromatic carbocycles. The Hall–Kier alpha value is -2.42. The normalized spacial score (nSPS) is 11.3. The van der Waals surface area contributed by atoms with Gasteiger partial charge in [0.2, 0.25) is 5.88 Å². The Kier molecular flexibility index (Phi) is 2.98. The number of halogens is 3. The number of nitriles is 1. The van der Waals surface area contributed by atoms with Crippen LogP contribution in [0.4, 0.5) is 19.1 Å². The average Bonchev–Trinajstić information content (AvgIpc) is 2.63. The Morgan fingerprint density at radius 1 is 1.21 bits per heavy atom. The van der Waals surface area contributed by atoms with Crippen LogP contribution in [0.3, 0.4) is 0 Å². The van der Waals surface area contributed by atoms with Crippen molar-refractivity contribution in [2.24, 2.45) is 0 Å². The van der Waals surface area contributed by atoms with Crippen LogP contribution in [0.15, 0.2) is 28.7 Å². The first-order valence-electron chi connectivity index (χ1n) is 5.31. The summed E-state index contributed by atoms with van der Waals surface area (Å²) < 4.78 is 42.5. The fourth-order valence-electron chi connectivity index (χ4n) is 1.76. The summed E-state index contributed by atoms with van der Waals surface area (Å²) in [4.78, 5) is 0. The zero-order valence-corrected chi connectivity index (χ0v) is 9.88. The maximum atomic E-state index is 12.4. The molecule has 0 aliphatic rings. The lowest BCUT2D eigenvalue weighted by atomic mass is 10.1. The SMILES string of the molecule is Cc1c(-c2ccc(C(F)(F)F)cc2)oc(N)c1C#N. The molecule has 2 N–H and O–H groups in total. The first kappa shape index (κ1) is 13.0. The molecule has 1 aromatic heterocycles. The molecule has 19 heavy (non-hydrogen) atoms. The number of furan rings is 1. The Balaban J connectivity index is 2.47. The van der Waals surface area contributed by atoms with Crippen LogP contribution in [0.2, 0.25) is 0 Å². The van der Waals surface area contributed by atoms with Crippen molar-refractivity contribution in [1.82, 2.24) is 0 Å². The third-order valence-electron chi connectivity index (χ3n) is 2.76. The van der Waals surface area contributed by atoms with E-state index in [9.17, 15) is 13.2 Å². The van der Waals surface area contributed by atoms with Crippen LogP contribution in [0.5, 0.6) is 0 Å². The van der Waals surface area contributed by atoms with Gasteiger partial charge in [-0.2, -0.15) is 18.4 Å². The van der Waals surface area contributed by atoms with Gasteiger partial charge in [0, 0.05) is 11.1 Å². The second kappa shape index (κ2) is 4.35. The molecule has 2 aromatic rings. The number of alkyl halides is 3. The predicted molar refractivity (Wildman–Crippen MR) is 63.0 cm³/mol. The Bertz CT molecular complexity index is 648. The smallest absolute Gasteiger partial charge is 0.416 e. The number of benzene rings is 1. The summed E-state index contributed by atoms with van der Waals surface area (Å²) in [7, 11) is 0. The first-order chi connectivity index (χ1) is 8.84. The monoisotopic (exact) mass is 266 g/mol. The van der Waals surface area contributed by atoms with Crippen molar-refractivity contribution in [2.75, 3.05) is 5.73 Å². The van der Waals surface area contributed by atoms with Crippen LogP contribution >= 0.6 is 0 Å². The second-order valence-electron chi connectivity index (χ2n) is 3.98. The highest BCUT2D eigenvalue weighted by molar-refractivity contribution is 5.69. The number of nitrogens with zero attached hydrogens (tertiary/aromatic N) is 1. The Labute approximate surface area is 107 Å². The summed E-state index contributed by atoms with van der Waals surface area (Å²) in [5.74, 6) is 0.276. The van der Waals surface area contributed by atoms with Gasteiger partial charge in [-0.3, -0.25) is 0 Å². The van der Waals surface area contributed by atoms with Crippen LogP contribution in [-0.2, 0) is 6.18 Å². The van der Waals surface area contributed by atoms with E-state index in [2.05, 4.69) is 0 Å². The molecule has 0 fully saturated rings. The van der Waals surface area contributed by atoms with Gasteiger partial charge >= 0.3 is 6.18 Å². The van der Waals surface area contributed by atoms with Crippen LogP contribution in [0.25, 0.3) is 11.3 Å². The van der Waals surface area contributed by atoms with Crippen molar-refractivity contribution in [3.05, 3.63) is 41.0 Å². The maximum Gasteiger partial charge on any atom is 0.416 e. The van der Waals surface area contributed by atoms with E-state index in [4.69, 9.17) is 15.4 Å². The molecule has 0 unspecified atom stereocenters. The minimum absolute atomic E-state index is 0.0325. The molecule has 1 heterocycles. The quantitative estimate of drug-likeness (QED) is 0.855. The zero-order chi connectivity index (χ0) is 14.2. The number of anilines is 1. The van der Waals surface area contributed by atoms with Crippen molar-refractivity contribution in [1.29, 1.82) is 5.26 Å². The molecule has 0 aliphatic heterocycles. The molecule has 0 radical (unpaired) electrons. The van der Waals surface area contributed by atoms with Gasteiger partial charge in [0.05, 0.1) is 5.56 Å². The summed E-state index contributed by atoms with van der Waals surface area (Å²) in [6, 6.07) is 6.38. The second-order valence-corrected chi connectivity index (χ2v) is 3.98. The average molecular weight is 266 g/mol. The van der Waals surface area contributed by atoms with Crippen LogP contribution in [0.1, 0.15) is 16.7 Å². The van der Waals surface area contributed by atoms with E-state index < -0.39 is 11.7 Å². The van der Waals surface area contributed by atoms with Crippen molar-refractivity contribution in [3.8, 4) is 17.4 Å². The molecule has 2 rings (SSSR count). The fourth-order valence-corrected chi connectivity index (χ4v) is 1.76. The molecule has 0 saturated heterocycles. The number of hydrogen-bond acceptors (Lipinski definition) is 3. The maximum absolute atomic E-state index is 12.4. The number of hydrogen-bond donors (Lipinski definition) is 1. The van der Waals surface area contributed by atoms with E-state index in [1.54, 1.807) is 6.92 Å². The molecular weight excluding hydrogens is 257 g/mol. The van der Waals surface area contributed by atoms with E-state index in [0.717, 1.165) is 12.1 Å². The van der Waals surface area contributed by atoms with Crippen molar-refractivity contribution in [3.63, 3.8) is 0 Å². The third kappa shape index (κ3) is 2.27. The van der Waals surface area contributed by atoms with Crippen LogP contribution in [-0.4, -0.2) is 0 Å². The van der Waals surface area contributed by atoms with Gasteiger partial charge in [-0.15, -0.1) is 0 Å². The molecule has 0 saturated carbocycles. The van der Waals surface area contributed by atoms with Crippen molar-refractivity contribution in [2.45, 2.75) is 13.1 Å². The van der Waals surface area contributed by atoms with Gasteiger partial charge in [0.25, 0.3) is 0 Å². The van der Waals surface area contributed by atoms with E-state index in [1.807, 2.05) is 6.07 Å². The number of nitrogen functional groups attached to an aromatic ring is 1. The van der Waals surface area contributed by atoms with E-state index in [1.165, 1.54) is 12.1 Å². The molecule has 0 atom stereocenters. The van der Waals surface area contributed by atoms with E-state index in [0.29, 0.717) is 16.9 Å². The molecule has 98 valence electrons. The lowest BCUT2D eigenvalue weighted by Gasteiger charge is -2.06. The van der Waals surface area contributed by atoms with Crippen LogP contribution < -0.4 is 5.73 Å². The largest absolute Gasteiger partial charge is 0.439 e. The summed E-state index contributed by atoms with van der Waals surface area (Å²) in [6.45, 7) is 1.63. The molecular formula is C13H9F3N2O. The lowest BCUT2D eigenvalue weighted by molar-refractivity contribution is -0.137. The fraction of sp³-hybridized carbons (Fsp3) is 0.154. The number of rotatable bonds is 1. The van der Waals surface area contributed by atoms with Gasteiger partial charge in [-0.1, -0.05) is 12.1 Å². The molecule has 0 amide bonds. The summed E-state index contributed by atoms with van der Waals surface area (Å²) >= 11 is 0. The van der Waals surface area contributed by atoms with Crippen molar-refractivity contribution >= 4 is 5.88 Å². The van der Waals surface area contributed by atoms with E-state index in [-0.39, 0.29) is 11.4 Å². The highest BCUT2D eigenvalue weighted by Gasteiger charge is 2.30. The van der Waals surface area contributed by atoms with E-state index >= 15 is 0 Å². The number of nitrogens with two attached hydrogens (primary N) is 1. The van der Waals surface area contributed by atoms with Gasteiger partial charge < -0.3 is 10.2 Å². The highest BCUT2D eigenvalue weighted by Crippen LogP contribution is 2.34. The summed E-state index contributed by atoms with van der Waals surface area (Å²) in [5.41, 5.74) is 5.94. The minimum Gasteiger partial charge on any atom is -0.439 e. The minimum atomic E-state index is -4.38. The summed E-state index contributed by atoms with van der Waals surface area (Å²) in [6.07, 6.45) is -4.38. The van der Waals surface area contributed by atoms with Crippen LogP contribution in [0, 0.1) is 18.3 Å². The standard InChI is InChI=1S/C13H9F3N2O/c1-7-10(6-17)12(18)19-11(7)8-2-4-9(5-3-8)13(14,15)16/h2-5H,18H2,1H3. The predicted octanol–water partition coefficient (Wildman–Crippen LogP) is 3.73. The molecule has 6 heteroatoms. The Morgan fingerprint density at radius 2 is 1.79 bits per heavy atom.